The predicted octanol–water partition coefficient (Wildman–Crippen LogP) is 3.16. The third kappa shape index (κ3) is 5.62. The molecule has 0 aliphatic heterocycles. The van der Waals surface area contributed by atoms with E-state index in [2.05, 4.69) is 18.3 Å². The number of hydrogen-bond donors (Lipinski definition) is 1. The highest BCUT2D eigenvalue weighted by Gasteiger charge is 2.21. The minimum Gasteiger partial charge on any atom is -0.325 e. The normalized spacial score (nSPS) is 11.9. The quantitative estimate of drug-likeness (QED) is 0.691. The molecule has 1 aromatic carbocycles. The highest BCUT2D eigenvalue weighted by atomic mass is 32.2. The van der Waals surface area contributed by atoms with Crippen molar-refractivity contribution in [2.45, 2.75) is 32.2 Å². The van der Waals surface area contributed by atoms with Crippen LogP contribution in [0.25, 0.3) is 0 Å². The van der Waals surface area contributed by atoms with E-state index < -0.39 is 10.0 Å². The van der Waals surface area contributed by atoms with Crippen molar-refractivity contribution in [1.82, 2.24) is 9.21 Å². The van der Waals surface area contributed by atoms with E-state index >= 15 is 0 Å². The summed E-state index contributed by atoms with van der Waals surface area (Å²) in [5.41, 5.74) is 1.82. The molecule has 27 heavy (non-hydrogen) atoms. The number of hydrogen-bond acceptors (Lipinski definition) is 5. The van der Waals surface area contributed by atoms with Crippen molar-refractivity contribution in [3.8, 4) is 0 Å². The van der Waals surface area contributed by atoms with E-state index in [1.807, 2.05) is 31.2 Å². The number of nitrogens with zero attached hydrogens (tertiary/aromatic N) is 2. The van der Waals surface area contributed by atoms with Crippen LogP contribution in [0.15, 0.2) is 40.6 Å². The van der Waals surface area contributed by atoms with Crippen LogP contribution < -0.4 is 5.32 Å². The molecule has 148 valence electrons. The Hall–Kier alpha value is -1.74. The average Bonchev–Trinajstić information content (AvgIpc) is 3.00. The monoisotopic (exact) mass is 409 g/mol. The van der Waals surface area contributed by atoms with Crippen molar-refractivity contribution >= 4 is 33.0 Å². The van der Waals surface area contributed by atoms with Gasteiger partial charge in [0.25, 0.3) is 0 Å². The molecule has 0 bridgehead atoms. The third-order valence-electron chi connectivity index (χ3n) is 4.28. The second-order valence-electron chi connectivity index (χ2n) is 6.36. The maximum atomic E-state index is 12.5. The van der Waals surface area contributed by atoms with Gasteiger partial charge >= 0.3 is 0 Å². The number of carbonyl (C=O) groups is 1. The van der Waals surface area contributed by atoms with Gasteiger partial charge in [0.05, 0.1) is 11.4 Å². The standard InChI is InChI=1S/C19H27N3O3S2/c1-5-22(6-2)27(24,25)17-9-7-16(8-10-17)20-19(23)14-21(4)13-18-15(3)11-12-26-18/h7-12H,5-6,13-14H2,1-4H3,(H,20,23). The van der Waals surface area contributed by atoms with E-state index in [0.29, 0.717) is 18.8 Å². The highest BCUT2D eigenvalue weighted by molar-refractivity contribution is 7.89. The molecule has 0 spiro atoms. The molecule has 0 aliphatic rings. The Bertz CT molecular complexity index is 857. The first-order chi connectivity index (χ1) is 12.8. The number of rotatable bonds is 9. The number of thiophene rings is 1. The van der Waals surface area contributed by atoms with Crippen molar-refractivity contribution in [3.05, 3.63) is 46.2 Å². The van der Waals surface area contributed by atoms with Gasteiger partial charge in [0.15, 0.2) is 0 Å². The van der Waals surface area contributed by atoms with E-state index in [0.717, 1.165) is 6.54 Å². The molecule has 1 N–H and O–H groups in total. The van der Waals surface area contributed by atoms with E-state index in [1.54, 1.807) is 23.5 Å². The molecule has 6 nitrogen and oxygen atoms in total. The molecular weight excluding hydrogens is 382 g/mol. The second-order valence-corrected chi connectivity index (χ2v) is 9.30. The summed E-state index contributed by atoms with van der Waals surface area (Å²) in [4.78, 5) is 15.7. The van der Waals surface area contributed by atoms with Crippen molar-refractivity contribution in [1.29, 1.82) is 0 Å². The molecule has 8 heteroatoms. The molecule has 1 aromatic heterocycles. The summed E-state index contributed by atoms with van der Waals surface area (Å²) in [6, 6.07) is 8.38. The number of amides is 1. The second kappa shape index (κ2) is 9.45. The van der Waals surface area contributed by atoms with Gasteiger partial charge in [0.1, 0.15) is 0 Å². The number of carbonyl (C=O) groups excluding carboxylic acids is 1. The van der Waals surface area contributed by atoms with E-state index in [-0.39, 0.29) is 17.3 Å². The van der Waals surface area contributed by atoms with Crippen LogP contribution in [0.3, 0.4) is 0 Å². The van der Waals surface area contributed by atoms with Crippen LogP contribution in [0.4, 0.5) is 5.69 Å². The molecule has 0 saturated carbocycles. The lowest BCUT2D eigenvalue weighted by atomic mass is 10.3. The number of sulfonamides is 1. The number of aryl methyl sites for hydroxylation is 1. The number of likely N-dealkylation sites (N-methyl/N-ethyl adjacent to an activating group) is 1. The van der Waals surface area contributed by atoms with Gasteiger partial charge in [0.2, 0.25) is 15.9 Å². The van der Waals surface area contributed by atoms with Crippen LogP contribution in [0.2, 0.25) is 0 Å². The van der Waals surface area contributed by atoms with Crippen molar-refractivity contribution in [3.63, 3.8) is 0 Å². The SMILES string of the molecule is CCN(CC)S(=O)(=O)c1ccc(NC(=O)CN(C)Cc2sccc2C)cc1. The fourth-order valence-corrected chi connectivity index (χ4v) is 5.18. The summed E-state index contributed by atoms with van der Waals surface area (Å²) < 4.78 is 26.4. The molecule has 0 unspecified atom stereocenters. The summed E-state index contributed by atoms with van der Waals surface area (Å²) in [5.74, 6) is -0.133. The Kier molecular flexibility index (Phi) is 7.55. The van der Waals surface area contributed by atoms with Crippen LogP contribution in [0.1, 0.15) is 24.3 Å². The van der Waals surface area contributed by atoms with Gasteiger partial charge in [-0.05, 0) is 55.2 Å². The molecule has 2 aromatic rings. The first-order valence-electron chi connectivity index (χ1n) is 8.89. The molecule has 0 aliphatic carbocycles. The predicted molar refractivity (Wildman–Crippen MR) is 111 cm³/mol. The van der Waals surface area contributed by atoms with E-state index in [4.69, 9.17) is 0 Å². The van der Waals surface area contributed by atoms with Crippen molar-refractivity contribution in [2.24, 2.45) is 0 Å². The zero-order valence-corrected chi connectivity index (χ0v) is 17.9. The number of nitrogens with one attached hydrogen (secondary N) is 1. The lowest BCUT2D eigenvalue weighted by Crippen LogP contribution is -2.31. The van der Waals surface area contributed by atoms with Crippen LogP contribution in [-0.2, 0) is 21.4 Å². The molecule has 0 saturated heterocycles. The maximum Gasteiger partial charge on any atom is 0.243 e. The molecule has 2 rings (SSSR count). The van der Waals surface area contributed by atoms with Gasteiger partial charge < -0.3 is 5.32 Å². The molecular formula is C19H27N3O3S2. The number of benzene rings is 1. The Morgan fingerprint density at radius 2 is 1.74 bits per heavy atom. The lowest BCUT2D eigenvalue weighted by Gasteiger charge is -2.19. The molecule has 0 radical (unpaired) electrons. The van der Waals surface area contributed by atoms with Gasteiger partial charge in [-0.15, -0.1) is 11.3 Å². The largest absolute Gasteiger partial charge is 0.325 e. The molecule has 0 fully saturated rings. The molecule has 1 heterocycles. The Morgan fingerprint density at radius 1 is 1.11 bits per heavy atom. The zero-order chi connectivity index (χ0) is 20.0. The maximum absolute atomic E-state index is 12.5. The van der Waals surface area contributed by atoms with E-state index in [9.17, 15) is 13.2 Å². The first-order valence-corrected chi connectivity index (χ1v) is 11.2. The van der Waals surface area contributed by atoms with Gasteiger partial charge in [0, 0.05) is 30.2 Å². The topological polar surface area (TPSA) is 69.7 Å². The third-order valence-corrected chi connectivity index (χ3v) is 7.35. The van der Waals surface area contributed by atoms with Gasteiger partial charge in [-0.25, -0.2) is 8.42 Å². The number of anilines is 1. The van der Waals surface area contributed by atoms with Crippen LogP contribution in [-0.4, -0.2) is 50.2 Å². The minimum absolute atomic E-state index is 0.133. The summed E-state index contributed by atoms with van der Waals surface area (Å²) in [6.07, 6.45) is 0. The van der Waals surface area contributed by atoms with Crippen LogP contribution >= 0.6 is 11.3 Å². The van der Waals surface area contributed by atoms with Crippen molar-refractivity contribution < 1.29 is 13.2 Å². The van der Waals surface area contributed by atoms with Gasteiger partial charge in [-0.1, -0.05) is 13.8 Å². The van der Waals surface area contributed by atoms with Crippen LogP contribution in [0.5, 0.6) is 0 Å². The Balaban J connectivity index is 1.95. The summed E-state index contributed by atoms with van der Waals surface area (Å²) >= 11 is 1.68. The molecule has 1 amide bonds. The smallest absolute Gasteiger partial charge is 0.243 e. The first kappa shape index (κ1) is 21.6. The van der Waals surface area contributed by atoms with E-state index in [1.165, 1.54) is 26.9 Å². The summed E-state index contributed by atoms with van der Waals surface area (Å²) in [5, 5.41) is 4.87. The van der Waals surface area contributed by atoms with Gasteiger partial charge in [-0.2, -0.15) is 4.31 Å². The highest BCUT2D eigenvalue weighted by Crippen LogP contribution is 2.19. The zero-order valence-electron chi connectivity index (χ0n) is 16.2. The fourth-order valence-electron chi connectivity index (χ4n) is 2.74. The Morgan fingerprint density at radius 3 is 2.26 bits per heavy atom. The van der Waals surface area contributed by atoms with Crippen molar-refractivity contribution in [2.75, 3.05) is 32.0 Å². The lowest BCUT2D eigenvalue weighted by molar-refractivity contribution is -0.117. The van der Waals surface area contributed by atoms with Crippen LogP contribution in [0, 0.1) is 6.92 Å². The molecule has 0 atom stereocenters. The minimum atomic E-state index is -3.49. The van der Waals surface area contributed by atoms with Gasteiger partial charge in [-0.3, -0.25) is 9.69 Å². The average molecular weight is 410 g/mol. The Labute approximate surface area is 165 Å². The summed E-state index contributed by atoms with van der Waals surface area (Å²) in [7, 11) is -1.58. The fraction of sp³-hybridized carbons (Fsp3) is 0.421. The summed E-state index contributed by atoms with van der Waals surface area (Å²) in [6.45, 7) is 7.51.